The molecule has 1 aromatic carbocycles. The van der Waals surface area contributed by atoms with Crippen molar-refractivity contribution in [3.05, 3.63) is 35.4 Å². The molecule has 1 heteroatoms. The zero-order valence-corrected chi connectivity index (χ0v) is 10.5. The van der Waals surface area contributed by atoms with E-state index in [0.717, 1.165) is 0 Å². The van der Waals surface area contributed by atoms with Crippen molar-refractivity contribution >= 4 is 0 Å². The van der Waals surface area contributed by atoms with Crippen LogP contribution in [0.2, 0.25) is 0 Å². The van der Waals surface area contributed by atoms with Crippen LogP contribution in [0.1, 0.15) is 44.9 Å². The van der Waals surface area contributed by atoms with E-state index in [4.69, 9.17) is 0 Å². The van der Waals surface area contributed by atoms with Gasteiger partial charge in [-0.1, -0.05) is 38.1 Å². The van der Waals surface area contributed by atoms with Crippen LogP contribution < -0.4 is 5.32 Å². The molecule has 0 aliphatic carbocycles. The summed E-state index contributed by atoms with van der Waals surface area (Å²) in [6.07, 6.45) is 0. The first kappa shape index (κ1) is 12.3. The zero-order valence-electron chi connectivity index (χ0n) is 10.5. The van der Waals surface area contributed by atoms with Crippen molar-refractivity contribution < 1.29 is 0 Å². The monoisotopic (exact) mass is 205 g/mol. The Morgan fingerprint density at radius 2 is 1.60 bits per heavy atom. The predicted octanol–water partition coefficient (Wildman–Crippen LogP) is 3.69. The quantitative estimate of drug-likeness (QED) is 0.790. The van der Waals surface area contributed by atoms with Crippen molar-refractivity contribution in [2.45, 2.75) is 46.7 Å². The van der Waals surface area contributed by atoms with Crippen LogP contribution in [0.4, 0.5) is 0 Å². The molecule has 0 aromatic heterocycles. The summed E-state index contributed by atoms with van der Waals surface area (Å²) in [7, 11) is 0. The highest BCUT2D eigenvalue weighted by Gasteiger charge is 2.12. The molecule has 1 aromatic rings. The number of hydrogen-bond acceptors (Lipinski definition) is 1. The Bertz CT molecular complexity index is 304. The molecule has 0 bridgehead atoms. The average molecular weight is 205 g/mol. The molecular formula is C14H23N. The number of hydrogen-bond donors (Lipinski definition) is 1. The molecule has 84 valence electrons. The van der Waals surface area contributed by atoms with Gasteiger partial charge in [0.1, 0.15) is 0 Å². The normalized spacial score (nSPS) is 15.3. The van der Waals surface area contributed by atoms with E-state index >= 15 is 0 Å². The molecule has 0 aliphatic rings. The lowest BCUT2D eigenvalue weighted by atomic mass is 9.99. The van der Waals surface area contributed by atoms with Gasteiger partial charge in [-0.25, -0.2) is 0 Å². The first-order chi connectivity index (χ1) is 7.02. The van der Waals surface area contributed by atoms with Gasteiger partial charge in [-0.2, -0.15) is 0 Å². The van der Waals surface area contributed by atoms with Gasteiger partial charge in [0, 0.05) is 12.1 Å². The summed E-state index contributed by atoms with van der Waals surface area (Å²) in [4.78, 5) is 0. The molecule has 1 nitrogen and oxygen atoms in total. The van der Waals surface area contributed by atoms with Crippen LogP contribution in [0.5, 0.6) is 0 Å². The maximum Gasteiger partial charge on any atom is 0.0296 e. The third-order valence-corrected chi connectivity index (χ3v) is 3.17. The average Bonchev–Trinajstić information content (AvgIpc) is 2.18. The first-order valence-electron chi connectivity index (χ1n) is 5.84. The molecule has 1 N–H and O–H groups in total. The van der Waals surface area contributed by atoms with Crippen molar-refractivity contribution in [1.82, 2.24) is 5.32 Å². The maximum absolute atomic E-state index is 3.64. The molecule has 0 saturated carbocycles. The molecule has 0 saturated heterocycles. The minimum Gasteiger partial charge on any atom is -0.307 e. The van der Waals surface area contributed by atoms with E-state index in [1.54, 1.807) is 0 Å². The SMILES string of the molecule is Cc1ccccc1[C@@H](C)NC(C)C(C)C. The highest BCUT2D eigenvalue weighted by atomic mass is 14.9. The van der Waals surface area contributed by atoms with E-state index in [1.807, 2.05) is 0 Å². The summed E-state index contributed by atoms with van der Waals surface area (Å²) < 4.78 is 0. The summed E-state index contributed by atoms with van der Waals surface area (Å²) >= 11 is 0. The van der Waals surface area contributed by atoms with E-state index in [9.17, 15) is 0 Å². The first-order valence-corrected chi connectivity index (χ1v) is 5.84. The molecule has 0 fully saturated rings. The Labute approximate surface area is 93.9 Å². The summed E-state index contributed by atoms with van der Waals surface area (Å²) in [5.41, 5.74) is 2.78. The maximum atomic E-state index is 3.64. The Kier molecular flexibility index (Phi) is 4.34. The number of rotatable bonds is 4. The lowest BCUT2D eigenvalue weighted by molar-refractivity contribution is 0.388. The molecule has 0 amide bonds. The van der Waals surface area contributed by atoms with Crippen LogP contribution in [-0.2, 0) is 0 Å². The summed E-state index contributed by atoms with van der Waals surface area (Å²) in [5, 5.41) is 3.64. The van der Waals surface area contributed by atoms with Gasteiger partial charge in [0.25, 0.3) is 0 Å². The second-order valence-corrected chi connectivity index (χ2v) is 4.78. The topological polar surface area (TPSA) is 12.0 Å². The van der Waals surface area contributed by atoms with Gasteiger partial charge in [0.15, 0.2) is 0 Å². The largest absolute Gasteiger partial charge is 0.307 e. The van der Waals surface area contributed by atoms with Crippen molar-refractivity contribution in [2.75, 3.05) is 0 Å². The Morgan fingerprint density at radius 1 is 1.00 bits per heavy atom. The third-order valence-electron chi connectivity index (χ3n) is 3.17. The van der Waals surface area contributed by atoms with Crippen molar-refractivity contribution in [3.8, 4) is 0 Å². The van der Waals surface area contributed by atoms with Gasteiger partial charge in [-0.3, -0.25) is 0 Å². The molecule has 0 spiro atoms. The van der Waals surface area contributed by atoms with E-state index in [0.29, 0.717) is 18.0 Å². The van der Waals surface area contributed by atoms with Crippen LogP contribution in [0.3, 0.4) is 0 Å². The fourth-order valence-corrected chi connectivity index (χ4v) is 1.75. The minimum atomic E-state index is 0.434. The third kappa shape index (κ3) is 3.35. The van der Waals surface area contributed by atoms with Crippen molar-refractivity contribution in [2.24, 2.45) is 5.92 Å². The Balaban J connectivity index is 2.69. The second kappa shape index (κ2) is 5.32. The fraction of sp³-hybridized carbons (Fsp3) is 0.571. The fourth-order valence-electron chi connectivity index (χ4n) is 1.75. The van der Waals surface area contributed by atoms with Gasteiger partial charge in [-0.15, -0.1) is 0 Å². The van der Waals surface area contributed by atoms with Crippen LogP contribution in [-0.4, -0.2) is 6.04 Å². The van der Waals surface area contributed by atoms with Crippen molar-refractivity contribution in [1.29, 1.82) is 0 Å². The van der Waals surface area contributed by atoms with Crippen LogP contribution in [0.15, 0.2) is 24.3 Å². The van der Waals surface area contributed by atoms with E-state index in [1.165, 1.54) is 11.1 Å². The molecule has 1 rings (SSSR count). The van der Waals surface area contributed by atoms with Gasteiger partial charge in [-0.05, 0) is 37.8 Å². The molecular weight excluding hydrogens is 182 g/mol. The van der Waals surface area contributed by atoms with E-state index in [2.05, 4.69) is 64.2 Å². The number of nitrogens with one attached hydrogen (secondary N) is 1. The summed E-state index contributed by atoms with van der Waals surface area (Å²) in [6.45, 7) is 11.2. The van der Waals surface area contributed by atoms with Crippen LogP contribution >= 0.6 is 0 Å². The number of benzene rings is 1. The summed E-state index contributed by atoms with van der Waals surface area (Å²) in [6, 6.07) is 9.58. The minimum absolute atomic E-state index is 0.434. The van der Waals surface area contributed by atoms with Gasteiger partial charge >= 0.3 is 0 Å². The lowest BCUT2D eigenvalue weighted by Gasteiger charge is -2.24. The summed E-state index contributed by atoms with van der Waals surface area (Å²) in [5.74, 6) is 0.677. The van der Waals surface area contributed by atoms with Gasteiger partial charge in [0.2, 0.25) is 0 Å². The van der Waals surface area contributed by atoms with Crippen LogP contribution in [0.25, 0.3) is 0 Å². The highest BCUT2D eigenvalue weighted by Crippen LogP contribution is 2.18. The zero-order chi connectivity index (χ0) is 11.4. The van der Waals surface area contributed by atoms with E-state index in [-0.39, 0.29) is 0 Å². The van der Waals surface area contributed by atoms with Gasteiger partial charge < -0.3 is 5.32 Å². The molecule has 0 radical (unpaired) electrons. The molecule has 0 heterocycles. The predicted molar refractivity (Wildman–Crippen MR) is 67.0 cm³/mol. The molecule has 2 atom stereocenters. The van der Waals surface area contributed by atoms with Crippen molar-refractivity contribution in [3.63, 3.8) is 0 Å². The standard InChI is InChI=1S/C14H23N/c1-10(2)12(4)15-13(5)14-9-7-6-8-11(14)3/h6-10,12-13,15H,1-5H3/t12?,13-/m1/s1. The molecule has 15 heavy (non-hydrogen) atoms. The Morgan fingerprint density at radius 3 is 2.13 bits per heavy atom. The number of aryl methyl sites for hydroxylation is 1. The lowest BCUT2D eigenvalue weighted by Crippen LogP contribution is -2.33. The molecule has 1 unspecified atom stereocenters. The van der Waals surface area contributed by atoms with E-state index < -0.39 is 0 Å². The molecule has 0 aliphatic heterocycles. The smallest absolute Gasteiger partial charge is 0.0296 e. The van der Waals surface area contributed by atoms with Gasteiger partial charge in [0.05, 0.1) is 0 Å². The highest BCUT2D eigenvalue weighted by molar-refractivity contribution is 5.28. The Hall–Kier alpha value is -0.820. The second-order valence-electron chi connectivity index (χ2n) is 4.78. The van der Waals surface area contributed by atoms with Crippen LogP contribution in [0, 0.1) is 12.8 Å².